The lowest BCUT2D eigenvalue weighted by Crippen LogP contribution is -2.59. The van der Waals surface area contributed by atoms with Gasteiger partial charge in [-0.15, -0.1) is 0 Å². The van der Waals surface area contributed by atoms with Crippen molar-refractivity contribution in [2.75, 3.05) is 50.1 Å². The maximum Gasteiger partial charge on any atom is 0.246 e. The number of hydrogen-bond donors (Lipinski definition) is 1. The van der Waals surface area contributed by atoms with E-state index in [1.54, 1.807) is 6.20 Å². The van der Waals surface area contributed by atoms with Gasteiger partial charge in [-0.2, -0.15) is 10.1 Å². The van der Waals surface area contributed by atoms with E-state index in [1.807, 2.05) is 30.9 Å². The molecule has 4 aromatic rings. The number of fused-ring (bicyclic) bond motifs is 2. The number of piperazine rings is 1. The maximum atomic E-state index is 17.2. The van der Waals surface area contributed by atoms with Gasteiger partial charge in [-0.1, -0.05) is 26.5 Å². The van der Waals surface area contributed by atoms with E-state index in [1.165, 1.54) is 6.08 Å². The summed E-state index contributed by atoms with van der Waals surface area (Å²) in [5.74, 6) is 0.993. The highest BCUT2D eigenvalue weighted by Gasteiger charge is 2.36. The van der Waals surface area contributed by atoms with Gasteiger partial charge in [-0.05, 0) is 75.7 Å². The van der Waals surface area contributed by atoms with E-state index in [4.69, 9.17) is 9.97 Å². The zero-order valence-corrected chi connectivity index (χ0v) is 26.1. The molecule has 4 heterocycles. The normalized spacial score (nSPS) is 19.6. The molecule has 0 unspecified atom stereocenters. The monoisotopic (exact) mass is 584 g/mol. The molecule has 9 nitrogen and oxygen atoms in total. The van der Waals surface area contributed by atoms with Gasteiger partial charge in [-0.3, -0.25) is 9.89 Å². The summed E-state index contributed by atoms with van der Waals surface area (Å²) in [6.45, 7) is 16.7. The fourth-order valence-electron chi connectivity index (χ4n) is 6.58. The molecule has 2 aliphatic heterocycles. The van der Waals surface area contributed by atoms with Crippen molar-refractivity contribution in [3.8, 4) is 11.1 Å². The van der Waals surface area contributed by atoms with E-state index >= 15 is 4.39 Å². The zero-order valence-electron chi connectivity index (χ0n) is 26.1. The quantitative estimate of drug-likeness (QED) is 0.316. The van der Waals surface area contributed by atoms with Crippen molar-refractivity contribution in [3.63, 3.8) is 0 Å². The molecule has 2 saturated heterocycles. The van der Waals surface area contributed by atoms with Crippen molar-refractivity contribution in [2.45, 2.75) is 58.7 Å². The van der Waals surface area contributed by atoms with Gasteiger partial charge in [0.25, 0.3) is 0 Å². The van der Waals surface area contributed by atoms with Crippen LogP contribution >= 0.6 is 0 Å². The number of carbonyl (C=O) groups is 1. The van der Waals surface area contributed by atoms with Gasteiger partial charge < -0.3 is 19.6 Å². The van der Waals surface area contributed by atoms with Crippen molar-refractivity contribution in [2.24, 2.45) is 0 Å². The highest BCUT2D eigenvalue weighted by molar-refractivity contribution is 6.02. The first-order valence-corrected chi connectivity index (χ1v) is 15.1. The Bertz CT molecular complexity index is 1720. The van der Waals surface area contributed by atoms with Crippen molar-refractivity contribution < 1.29 is 9.18 Å². The minimum absolute atomic E-state index is 0.0350. The van der Waals surface area contributed by atoms with Gasteiger partial charge in [-0.25, -0.2) is 9.37 Å². The van der Waals surface area contributed by atoms with Crippen LogP contribution in [0.5, 0.6) is 0 Å². The van der Waals surface area contributed by atoms with E-state index in [2.05, 4.69) is 72.4 Å². The molecule has 2 fully saturated rings. The third-order valence-corrected chi connectivity index (χ3v) is 9.22. The lowest BCUT2D eigenvalue weighted by atomic mass is 9.87. The molecule has 2 aliphatic rings. The van der Waals surface area contributed by atoms with Crippen LogP contribution in [0.15, 0.2) is 37.1 Å². The number of anilines is 2. The molecule has 1 N–H and O–H groups in total. The topological polar surface area (TPSA) is 84.5 Å². The average Bonchev–Trinajstić information content (AvgIpc) is 3.42. The number of hydrogen-bond acceptors (Lipinski definition) is 7. The number of rotatable bonds is 6. The highest BCUT2D eigenvalue weighted by atomic mass is 19.1. The van der Waals surface area contributed by atoms with Gasteiger partial charge >= 0.3 is 0 Å². The summed E-state index contributed by atoms with van der Waals surface area (Å²) in [5, 5.41) is 8.90. The van der Waals surface area contributed by atoms with Crippen LogP contribution in [0.2, 0.25) is 0 Å². The minimum Gasteiger partial charge on any atom is -0.349 e. The number of benzene rings is 2. The predicted molar refractivity (Wildman–Crippen MR) is 171 cm³/mol. The molecule has 0 saturated carbocycles. The minimum atomic E-state index is -0.346. The fraction of sp³-hybridized carbons (Fsp3) is 0.455. The largest absolute Gasteiger partial charge is 0.349 e. The van der Waals surface area contributed by atoms with Crippen LogP contribution in [0.3, 0.4) is 0 Å². The van der Waals surface area contributed by atoms with Crippen LogP contribution in [0.25, 0.3) is 32.9 Å². The Balaban J connectivity index is 1.56. The Morgan fingerprint density at radius 3 is 2.51 bits per heavy atom. The van der Waals surface area contributed by atoms with Crippen molar-refractivity contribution in [3.05, 3.63) is 54.0 Å². The second-order valence-electron chi connectivity index (χ2n) is 12.7. The maximum absolute atomic E-state index is 17.2. The second kappa shape index (κ2) is 10.9. The molecule has 43 heavy (non-hydrogen) atoms. The molecule has 6 rings (SSSR count). The van der Waals surface area contributed by atoms with Gasteiger partial charge in [0, 0.05) is 60.6 Å². The fourth-order valence-corrected chi connectivity index (χ4v) is 6.58. The van der Waals surface area contributed by atoms with Crippen molar-refractivity contribution in [1.82, 2.24) is 30.0 Å². The number of aromatic nitrogens is 4. The van der Waals surface area contributed by atoms with E-state index in [0.717, 1.165) is 40.7 Å². The summed E-state index contributed by atoms with van der Waals surface area (Å²) >= 11 is 0. The number of nitrogens with zero attached hydrogens (tertiary/aromatic N) is 7. The lowest BCUT2D eigenvalue weighted by Gasteiger charge is -2.45. The average molecular weight is 585 g/mol. The second-order valence-corrected chi connectivity index (χ2v) is 12.7. The number of H-pyrrole nitrogens is 1. The molecule has 2 aromatic carbocycles. The number of carbonyl (C=O) groups excluding carboxylic acids is 1. The molecule has 0 aliphatic carbocycles. The number of aryl methyl sites for hydroxylation is 1. The summed E-state index contributed by atoms with van der Waals surface area (Å²) in [4.78, 5) is 30.9. The molecular weight excluding hydrogens is 543 g/mol. The zero-order chi connectivity index (χ0) is 30.7. The van der Waals surface area contributed by atoms with Gasteiger partial charge in [0.05, 0.1) is 11.7 Å². The summed E-state index contributed by atoms with van der Waals surface area (Å²) < 4.78 is 17.2. The molecule has 0 spiro atoms. The summed E-state index contributed by atoms with van der Waals surface area (Å²) in [7, 11) is 4.14. The van der Waals surface area contributed by atoms with Crippen LogP contribution in [0.4, 0.5) is 16.2 Å². The van der Waals surface area contributed by atoms with Crippen LogP contribution in [-0.2, 0) is 4.79 Å². The Hall–Kier alpha value is -4.05. The van der Waals surface area contributed by atoms with Gasteiger partial charge in [0.2, 0.25) is 11.9 Å². The molecule has 0 bridgehead atoms. The van der Waals surface area contributed by atoms with Crippen LogP contribution in [0.1, 0.15) is 44.7 Å². The first-order valence-electron chi connectivity index (χ1n) is 15.1. The van der Waals surface area contributed by atoms with Crippen LogP contribution < -0.4 is 9.80 Å². The standard InChI is InChI=1S/C33H41FN8O/c1-9-27(43)41-14-21(6)42(15-20(41)5)32-24-12-19(4)28(29-23(18(2)3)10-11-26-25(29)13-35-38-26)30(34)31(24)36-33(37-32)40-16-22(17-40)39(7)8/h9-13,18,20-22H,1,14-17H2,2-8H3,(H,35,38)/t20-,21+/m1/s1. The Morgan fingerprint density at radius 2 is 1.84 bits per heavy atom. The van der Waals surface area contributed by atoms with E-state index in [9.17, 15) is 4.79 Å². The SMILES string of the molecule is C=CC(=O)N1C[C@H](C)N(c2nc(N3CC(N(C)C)C3)nc3c(F)c(-c4c(C(C)C)ccc5[nH]ncc45)c(C)cc23)C[C@H]1C. The van der Waals surface area contributed by atoms with Crippen molar-refractivity contribution in [1.29, 1.82) is 0 Å². The van der Waals surface area contributed by atoms with Crippen molar-refractivity contribution >= 4 is 39.5 Å². The molecule has 2 aromatic heterocycles. The van der Waals surface area contributed by atoms with Crippen LogP contribution in [0, 0.1) is 12.7 Å². The van der Waals surface area contributed by atoms with E-state index in [0.29, 0.717) is 47.4 Å². The summed E-state index contributed by atoms with van der Waals surface area (Å²) in [6.07, 6.45) is 3.15. The number of halogens is 1. The number of aromatic amines is 1. The molecule has 10 heteroatoms. The third kappa shape index (κ3) is 4.81. The molecular formula is C33H41FN8O. The van der Waals surface area contributed by atoms with E-state index < -0.39 is 0 Å². The number of amides is 1. The molecule has 2 atom stereocenters. The smallest absolute Gasteiger partial charge is 0.246 e. The summed E-state index contributed by atoms with van der Waals surface area (Å²) in [6, 6.07) is 6.41. The first kappa shape index (κ1) is 29.0. The third-order valence-electron chi connectivity index (χ3n) is 9.22. The molecule has 0 radical (unpaired) electrons. The lowest BCUT2D eigenvalue weighted by molar-refractivity contribution is -0.128. The first-order chi connectivity index (χ1) is 20.5. The molecule has 1 amide bonds. The Kier molecular flexibility index (Phi) is 7.36. The number of likely N-dealkylation sites (N-methyl/N-ethyl adjacent to an activating group) is 1. The van der Waals surface area contributed by atoms with E-state index in [-0.39, 0.29) is 29.7 Å². The number of nitrogens with one attached hydrogen (secondary N) is 1. The Morgan fingerprint density at radius 1 is 1.09 bits per heavy atom. The Labute approximate surface area is 252 Å². The summed E-state index contributed by atoms with van der Waals surface area (Å²) in [5.41, 5.74) is 4.47. The van der Waals surface area contributed by atoms with Gasteiger partial charge in [0.1, 0.15) is 11.3 Å². The van der Waals surface area contributed by atoms with Crippen LogP contribution in [-0.4, -0.2) is 94.3 Å². The van der Waals surface area contributed by atoms with Gasteiger partial charge in [0.15, 0.2) is 5.82 Å². The molecule has 226 valence electrons. The predicted octanol–water partition coefficient (Wildman–Crippen LogP) is 5.11. The highest BCUT2D eigenvalue weighted by Crippen LogP contribution is 2.42.